The summed E-state index contributed by atoms with van der Waals surface area (Å²) < 4.78 is 12.9. The van der Waals surface area contributed by atoms with Crippen molar-refractivity contribution in [1.29, 1.82) is 0 Å². The van der Waals surface area contributed by atoms with Crippen LogP contribution in [0, 0.1) is 12.7 Å². The van der Waals surface area contributed by atoms with Gasteiger partial charge in [-0.1, -0.05) is 29.8 Å². The number of nitrogens with one attached hydrogen (secondary N) is 2. The molecule has 1 aromatic heterocycles. The summed E-state index contributed by atoms with van der Waals surface area (Å²) in [5, 5.41) is 6.63. The van der Waals surface area contributed by atoms with Gasteiger partial charge in [-0.3, -0.25) is 4.79 Å². The smallest absolute Gasteiger partial charge is 0.253 e. The molecule has 0 saturated heterocycles. The number of benzene rings is 2. The van der Waals surface area contributed by atoms with E-state index in [2.05, 4.69) is 15.6 Å². The lowest BCUT2D eigenvalue weighted by atomic mass is 10.2. The van der Waals surface area contributed by atoms with Gasteiger partial charge in [0.25, 0.3) is 5.91 Å². The van der Waals surface area contributed by atoms with Crippen LogP contribution < -0.4 is 10.6 Å². The fourth-order valence-corrected chi connectivity index (χ4v) is 2.54. The number of amides is 1. The molecule has 2 N–H and O–H groups in total. The average Bonchev–Trinajstić information content (AvgIpc) is 2.65. The fraction of sp³-hybridized carbons (Fsp3) is 0.100. The zero-order chi connectivity index (χ0) is 18.5. The predicted molar refractivity (Wildman–Crippen MR) is 101 cm³/mol. The Bertz CT molecular complexity index is 911. The minimum Gasteiger partial charge on any atom is -0.348 e. The van der Waals surface area contributed by atoms with Crippen LogP contribution in [0.1, 0.15) is 21.5 Å². The third-order valence-electron chi connectivity index (χ3n) is 3.92. The van der Waals surface area contributed by atoms with Crippen molar-refractivity contribution in [2.75, 3.05) is 5.32 Å². The molecule has 0 aliphatic heterocycles. The minimum absolute atomic E-state index is 0.243. The minimum atomic E-state index is -0.303. The number of hydrogen-bond acceptors (Lipinski definition) is 3. The van der Waals surface area contributed by atoms with Gasteiger partial charge in [-0.15, -0.1) is 0 Å². The van der Waals surface area contributed by atoms with Crippen LogP contribution in [0.2, 0.25) is 5.02 Å². The highest BCUT2D eigenvalue weighted by Crippen LogP contribution is 2.25. The van der Waals surface area contributed by atoms with Crippen molar-refractivity contribution in [1.82, 2.24) is 10.3 Å². The average molecular weight is 370 g/mol. The van der Waals surface area contributed by atoms with Crippen LogP contribution in [0.15, 0.2) is 60.8 Å². The predicted octanol–water partition coefficient (Wildman–Crippen LogP) is 4.86. The Morgan fingerprint density at radius 2 is 1.88 bits per heavy atom. The number of carbonyl (C=O) groups excluding carboxylic acids is 1. The van der Waals surface area contributed by atoms with Crippen molar-refractivity contribution >= 4 is 29.0 Å². The number of nitrogens with zero attached hydrogens (tertiary/aromatic N) is 1. The summed E-state index contributed by atoms with van der Waals surface area (Å²) in [5.41, 5.74) is 3.05. The van der Waals surface area contributed by atoms with E-state index in [0.717, 1.165) is 16.8 Å². The maximum Gasteiger partial charge on any atom is 0.253 e. The molecule has 0 aliphatic carbocycles. The Kier molecular flexibility index (Phi) is 5.49. The molecule has 1 heterocycles. The van der Waals surface area contributed by atoms with Gasteiger partial charge >= 0.3 is 0 Å². The molecule has 0 radical (unpaired) electrons. The van der Waals surface area contributed by atoms with E-state index >= 15 is 0 Å². The Balaban J connectivity index is 1.62. The maximum atomic E-state index is 12.9. The normalized spacial score (nSPS) is 10.4. The van der Waals surface area contributed by atoms with Crippen LogP contribution in [0.5, 0.6) is 0 Å². The SMILES string of the molecule is Cc1c(Cl)cccc1Nc1ccc(C(=O)NCc2ccc(F)cc2)cn1. The number of halogens is 2. The first-order valence-corrected chi connectivity index (χ1v) is 8.41. The van der Waals surface area contributed by atoms with E-state index < -0.39 is 0 Å². The lowest BCUT2D eigenvalue weighted by Crippen LogP contribution is -2.22. The van der Waals surface area contributed by atoms with Crippen LogP contribution in [0.4, 0.5) is 15.9 Å². The van der Waals surface area contributed by atoms with Gasteiger partial charge in [0.15, 0.2) is 0 Å². The summed E-state index contributed by atoms with van der Waals surface area (Å²) in [6.07, 6.45) is 1.50. The number of rotatable bonds is 5. The van der Waals surface area contributed by atoms with Gasteiger partial charge < -0.3 is 10.6 Å². The maximum absolute atomic E-state index is 12.9. The van der Waals surface area contributed by atoms with Crippen LogP contribution in [0.25, 0.3) is 0 Å². The molecule has 0 bridgehead atoms. The molecule has 3 rings (SSSR count). The molecule has 4 nitrogen and oxygen atoms in total. The summed E-state index contributed by atoms with van der Waals surface area (Å²) in [7, 11) is 0. The second kappa shape index (κ2) is 7.97. The van der Waals surface area contributed by atoms with Crippen LogP contribution in [-0.2, 0) is 6.54 Å². The number of carbonyl (C=O) groups is 1. The topological polar surface area (TPSA) is 54.0 Å². The Morgan fingerprint density at radius 3 is 2.58 bits per heavy atom. The van der Waals surface area contributed by atoms with Gasteiger partial charge in [0.05, 0.1) is 5.56 Å². The first-order chi connectivity index (χ1) is 12.5. The van der Waals surface area contributed by atoms with E-state index in [1.54, 1.807) is 24.3 Å². The van der Waals surface area contributed by atoms with Gasteiger partial charge in [0, 0.05) is 23.5 Å². The van der Waals surface area contributed by atoms with E-state index in [-0.39, 0.29) is 11.7 Å². The number of hydrogen-bond donors (Lipinski definition) is 2. The highest BCUT2D eigenvalue weighted by atomic mass is 35.5. The van der Waals surface area contributed by atoms with Gasteiger partial charge in [-0.25, -0.2) is 9.37 Å². The van der Waals surface area contributed by atoms with Crippen molar-refractivity contribution in [3.05, 3.63) is 88.3 Å². The van der Waals surface area contributed by atoms with Crippen molar-refractivity contribution < 1.29 is 9.18 Å². The summed E-state index contributed by atoms with van der Waals surface area (Å²) in [6.45, 7) is 2.24. The van der Waals surface area contributed by atoms with E-state index in [0.29, 0.717) is 22.9 Å². The first kappa shape index (κ1) is 17.9. The molecule has 132 valence electrons. The second-order valence-corrected chi connectivity index (χ2v) is 6.19. The van der Waals surface area contributed by atoms with Crippen molar-refractivity contribution in [3.63, 3.8) is 0 Å². The van der Waals surface area contributed by atoms with Crippen LogP contribution >= 0.6 is 11.6 Å². The molecule has 0 aliphatic rings. The second-order valence-electron chi connectivity index (χ2n) is 5.78. The zero-order valence-electron chi connectivity index (χ0n) is 14.1. The molecule has 6 heteroatoms. The van der Waals surface area contributed by atoms with Crippen molar-refractivity contribution in [3.8, 4) is 0 Å². The van der Waals surface area contributed by atoms with Gasteiger partial charge in [-0.05, 0) is 54.4 Å². The lowest BCUT2D eigenvalue weighted by molar-refractivity contribution is 0.0950. The Morgan fingerprint density at radius 1 is 1.12 bits per heavy atom. The molecule has 0 fully saturated rings. The quantitative estimate of drug-likeness (QED) is 0.675. The molecule has 1 amide bonds. The Labute approximate surface area is 156 Å². The van der Waals surface area contributed by atoms with Crippen LogP contribution in [0.3, 0.4) is 0 Å². The van der Waals surface area contributed by atoms with Gasteiger partial charge in [0.1, 0.15) is 11.6 Å². The lowest BCUT2D eigenvalue weighted by Gasteiger charge is -2.10. The molecule has 26 heavy (non-hydrogen) atoms. The summed E-state index contributed by atoms with van der Waals surface area (Å²) in [5.74, 6) is 0.0695. The largest absolute Gasteiger partial charge is 0.348 e. The molecular formula is C20H17ClFN3O. The Hall–Kier alpha value is -2.92. The highest BCUT2D eigenvalue weighted by molar-refractivity contribution is 6.31. The van der Waals surface area contributed by atoms with Crippen molar-refractivity contribution in [2.45, 2.75) is 13.5 Å². The molecule has 0 unspecified atom stereocenters. The zero-order valence-corrected chi connectivity index (χ0v) is 14.8. The monoisotopic (exact) mass is 369 g/mol. The molecule has 0 atom stereocenters. The van der Waals surface area contributed by atoms with Gasteiger partial charge in [-0.2, -0.15) is 0 Å². The van der Waals surface area contributed by atoms with Crippen LogP contribution in [-0.4, -0.2) is 10.9 Å². The van der Waals surface area contributed by atoms with E-state index in [4.69, 9.17) is 11.6 Å². The molecule has 3 aromatic rings. The van der Waals surface area contributed by atoms with Crippen molar-refractivity contribution in [2.24, 2.45) is 0 Å². The van der Waals surface area contributed by atoms with E-state index in [1.807, 2.05) is 25.1 Å². The highest BCUT2D eigenvalue weighted by Gasteiger charge is 2.07. The first-order valence-electron chi connectivity index (χ1n) is 8.04. The standard InChI is InChI=1S/C20H17ClFN3O/c1-13-17(21)3-2-4-18(13)25-19-10-7-15(12-23-19)20(26)24-11-14-5-8-16(22)9-6-14/h2-10,12H,11H2,1H3,(H,23,25)(H,24,26). The molecule has 0 spiro atoms. The fourth-order valence-electron chi connectivity index (χ4n) is 2.37. The molecular weight excluding hydrogens is 353 g/mol. The van der Waals surface area contributed by atoms with E-state index in [9.17, 15) is 9.18 Å². The summed E-state index contributed by atoms with van der Waals surface area (Å²) in [6, 6.07) is 15.0. The van der Waals surface area contributed by atoms with Gasteiger partial charge in [0.2, 0.25) is 0 Å². The number of aromatic nitrogens is 1. The number of anilines is 2. The summed E-state index contributed by atoms with van der Waals surface area (Å²) >= 11 is 6.11. The molecule has 2 aromatic carbocycles. The third kappa shape index (κ3) is 4.37. The van der Waals surface area contributed by atoms with E-state index in [1.165, 1.54) is 18.3 Å². The number of pyridine rings is 1. The summed E-state index contributed by atoms with van der Waals surface area (Å²) in [4.78, 5) is 16.5. The third-order valence-corrected chi connectivity index (χ3v) is 4.33. The molecule has 0 saturated carbocycles.